The minimum absolute atomic E-state index is 0.298. The van der Waals surface area contributed by atoms with Crippen molar-refractivity contribution in [1.82, 2.24) is 5.32 Å². The highest BCUT2D eigenvalue weighted by Crippen LogP contribution is 2.25. The molecule has 0 saturated carbocycles. The number of halogens is 1. The number of carbonyl (C=O) groups is 1. The smallest absolute Gasteiger partial charge is 0.293 e. The van der Waals surface area contributed by atoms with Crippen LogP contribution in [0.5, 0.6) is 0 Å². The molecule has 1 saturated heterocycles. The Morgan fingerprint density at radius 3 is 2.37 bits per heavy atom. The Bertz CT molecular complexity index is 425. The highest BCUT2D eigenvalue weighted by atomic mass is 19.1. The number of rotatable bonds is 2. The Morgan fingerprint density at radius 2 is 2.05 bits per heavy atom. The van der Waals surface area contributed by atoms with E-state index in [9.17, 15) is 14.3 Å². The molecule has 4 nitrogen and oxygen atoms in total. The van der Waals surface area contributed by atoms with Gasteiger partial charge in [-0.2, -0.15) is 0 Å². The van der Waals surface area contributed by atoms with Crippen LogP contribution in [-0.2, 0) is 15.1 Å². The molecule has 5 heteroatoms. The predicted octanol–water partition coefficient (Wildman–Crippen LogP) is 1.57. The van der Waals surface area contributed by atoms with Gasteiger partial charge in [0.05, 0.1) is 0 Å². The molecule has 1 aliphatic heterocycles. The predicted molar refractivity (Wildman–Crippen MR) is 70.1 cm³/mol. The van der Waals surface area contributed by atoms with E-state index in [1.54, 1.807) is 12.1 Å². The van der Waals surface area contributed by atoms with Crippen LogP contribution in [0.3, 0.4) is 0 Å². The number of ether oxygens (including phenoxy) is 1. The van der Waals surface area contributed by atoms with E-state index >= 15 is 0 Å². The highest BCUT2D eigenvalue weighted by Gasteiger charge is 2.36. The molecule has 0 spiro atoms. The normalized spacial score (nSPS) is 16.7. The van der Waals surface area contributed by atoms with Crippen molar-refractivity contribution in [3.05, 3.63) is 35.6 Å². The van der Waals surface area contributed by atoms with Gasteiger partial charge in [-0.1, -0.05) is 12.1 Å². The van der Waals surface area contributed by atoms with Crippen molar-refractivity contribution in [2.24, 2.45) is 0 Å². The standard InChI is InChI=1S/C9H10FNO.C5H10O2/c10-8-3-1-2-7(4-8)9(12)5-11-6-9;1-5(2,3)7-4-6/h1-4,11-12H,5-6H2;4H,1-3H3. The van der Waals surface area contributed by atoms with E-state index < -0.39 is 5.60 Å². The second-order valence-corrected chi connectivity index (χ2v) is 5.47. The lowest BCUT2D eigenvalue weighted by Gasteiger charge is -2.37. The lowest BCUT2D eigenvalue weighted by Crippen LogP contribution is -2.56. The Balaban J connectivity index is 0.000000224. The number of hydrogen-bond donors (Lipinski definition) is 2. The minimum atomic E-state index is -0.845. The first-order valence-corrected chi connectivity index (χ1v) is 6.07. The molecule has 106 valence electrons. The van der Waals surface area contributed by atoms with Crippen LogP contribution in [0.15, 0.2) is 24.3 Å². The second kappa shape index (κ2) is 6.12. The number of carbonyl (C=O) groups excluding carboxylic acids is 1. The molecule has 0 aliphatic carbocycles. The zero-order valence-corrected chi connectivity index (χ0v) is 11.4. The van der Waals surface area contributed by atoms with Crippen molar-refractivity contribution in [2.75, 3.05) is 13.1 Å². The molecule has 2 rings (SSSR count). The van der Waals surface area contributed by atoms with E-state index in [0.29, 0.717) is 25.1 Å². The Morgan fingerprint density at radius 1 is 1.42 bits per heavy atom. The Kier molecular flexibility index (Phi) is 5.03. The van der Waals surface area contributed by atoms with E-state index in [1.165, 1.54) is 12.1 Å². The van der Waals surface area contributed by atoms with Gasteiger partial charge in [0.25, 0.3) is 6.47 Å². The van der Waals surface area contributed by atoms with Crippen LogP contribution in [0.1, 0.15) is 26.3 Å². The van der Waals surface area contributed by atoms with Crippen molar-refractivity contribution in [3.8, 4) is 0 Å². The molecule has 0 unspecified atom stereocenters. The number of nitrogens with one attached hydrogen (secondary N) is 1. The summed E-state index contributed by atoms with van der Waals surface area (Å²) in [5.41, 5.74) is -0.509. The van der Waals surface area contributed by atoms with Gasteiger partial charge in [-0.05, 0) is 38.5 Å². The molecular weight excluding hydrogens is 249 g/mol. The number of hydrogen-bond acceptors (Lipinski definition) is 4. The summed E-state index contributed by atoms with van der Waals surface area (Å²) in [6, 6.07) is 6.10. The van der Waals surface area contributed by atoms with Crippen LogP contribution < -0.4 is 5.32 Å². The third kappa shape index (κ3) is 4.96. The first-order chi connectivity index (χ1) is 8.77. The van der Waals surface area contributed by atoms with E-state index in [0.717, 1.165) is 0 Å². The van der Waals surface area contributed by atoms with Gasteiger partial charge in [0, 0.05) is 13.1 Å². The maximum absolute atomic E-state index is 12.7. The zero-order valence-electron chi connectivity index (χ0n) is 11.4. The monoisotopic (exact) mass is 269 g/mol. The van der Waals surface area contributed by atoms with Crippen molar-refractivity contribution in [2.45, 2.75) is 32.0 Å². The first-order valence-electron chi connectivity index (χ1n) is 6.07. The van der Waals surface area contributed by atoms with Crippen molar-refractivity contribution < 1.29 is 19.0 Å². The van der Waals surface area contributed by atoms with Gasteiger partial charge in [0.15, 0.2) is 0 Å². The second-order valence-electron chi connectivity index (χ2n) is 5.47. The van der Waals surface area contributed by atoms with Gasteiger partial charge in [-0.25, -0.2) is 4.39 Å². The third-order valence-corrected chi connectivity index (χ3v) is 2.60. The molecular formula is C14H20FNO3. The van der Waals surface area contributed by atoms with Crippen molar-refractivity contribution in [3.63, 3.8) is 0 Å². The summed E-state index contributed by atoms with van der Waals surface area (Å²) in [5, 5.41) is 12.7. The number of aliphatic hydroxyl groups is 1. The fourth-order valence-electron chi connectivity index (χ4n) is 1.49. The summed E-state index contributed by atoms with van der Waals surface area (Å²) < 4.78 is 17.3. The van der Waals surface area contributed by atoms with Gasteiger partial charge >= 0.3 is 0 Å². The molecule has 0 radical (unpaired) electrons. The molecule has 1 heterocycles. The highest BCUT2D eigenvalue weighted by molar-refractivity contribution is 5.37. The van der Waals surface area contributed by atoms with Crippen LogP contribution in [0, 0.1) is 5.82 Å². The van der Waals surface area contributed by atoms with Crippen molar-refractivity contribution in [1.29, 1.82) is 0 Å². The first kappa shape index (κ1) is 15.6. The average Bonchev–Trinajstić information content (AvgIpc) is 2.25. The minimum Gasteiger partial charge on any atom is -0.462 e. The molecule has 0 atom stereocenters. The molecule has 0 bridgehead atoms. The summed E-state index contributed by atoms with van der Waals surface area (Å²) in [4.78, 5) is 9.60. The molecule has 2 N–H and O–H groups in total. The maximum atomic E-state index is 12.7. The van der Waals surface area contributed by atoms with Gasteiger partial charge < -0.3 is 15.2 Å². The van der Waals surface area contributed by atoms with Crippen LogP contribution in [0.2, 0.25) is 0 Å². The van der Waals surface area contributed by atoms with E-state index in [-0.39, 0.29) is 11.4 Å². The molecule has 1 aliphatic rings. The molecule has 1 aromatic carbocycles. The summed E-state index contributed by atoms with van der Waals surface area (Å²) in [6.45, 7) is 6.94. The number of β-amino-alcohol motifs (C(OH)–C–C–N with tert-alkyl or cyclic N) is 1. The number of benzene rings is 1. The van der Waals surface area contributed by atoms with E-state index in [1.807, 2.05) is 20.8 Å². The van der Waals surface area contributed by atoms with Gasteiger partial charge in [-0.15, -0.1) is 0 Å². The van der Waals surface area contributed by atoms with Crippen LogP contribution in [0.4, 0.5) is 4.39 Å². The van der Waals surface area contributed by atoms with E-state index in [4.69, 9.17) is 0 Å². The molecule has 1 aromatic rings. The molecule has 19 heavy (non-hydrogen) atoms. The quantitative estimate of drug-likeness (QED) is 0.800. The molecule has 0 aromatic heterocycles. The Labute approximate surface area is 112 Å². The van der Waals surface area contributed by atoms with Gasteiger partial charge in [0.1, 0.15) is 17.0 Å². The summed E-state index contributed by atoms with van der Waals surface area (Å²) in [5.74, 6) is -0.298. The lowest BCUT2D eigenvalue weighted by atomic mass is 9.88. The van der Waals surface area contributed by atoms with Gasteiger partial charge in [0.2, 0.25) is 0 Å². The Hall–Kier alpha value is -1.46. The molecule has 0 amide bonds. The largest absolute Gasteiger partial charge is 0.462 e. The fourth-order valence-corrected chi connectivity index (χ4v) is 1.49. The van der Waals surface area contributed by atoms with Gasteiger partial charge in [-0.3, -0.25) is 4.79 Å². The third-order valence-electron chi connectivity index (χ3n) is 2.60. The van der Waals surface area contributed by atoms with Crippen molar-refractivity contribution >= 4 is 6.47 Å². The topological polar surface area (TPSA) is 58.6 Å². The SMILES string of the molecule is CC(C)(C)OC=O.OC1(c2cccc(F)c2)CNC1. The summed E-state index contributed by atoms with van der Waals surface area (Å²) >= 11 is 0. The lowest BCUT2D eigenvalue weighted by molar-refractivity contribution is -0.138. The maximum Gasteiger partial charge on any atom is 0.293 e. The average molecular weight is 269 g/mol. The molecule has 1 fully saturated rings. The zero-order chi connectivity index (χ0) is 14.5. The fraction of sp³-hybridized carbons (Fsp3) is 0.500. The van der Waals surface area contributed by atoms with Crippen LogP contribution in [-0.4, -0.2) is 30.3 Å². The van der Waals surface area contributed by atoms with E-state index in [2.05, 4.69) is 10.1 Å². The van der Waals surface area contributed by atoms with Crippen LogP contribution >= 0.6 is 0 Å². The van der Waals surface area contributed by atoms with Crippen LogP contribution in [0.25, 0.3) is 0 Å². The summed E-state index contributed by atoms with van der Waals surface area (Å²) in [7, 11) is 0. The summed E-state index contributed by atoms with van der Waals surface area (Å²) in [6.07, 6.45) is 0.